The number of carboxylic acids is 1. The van der Waals surface area contributed by atoms with Gasteiger partial charge in [-0.05, 0) is 17.7 Å². The third kappa shape index (κ3) is 3.30. The fourth-order valence-electron chi connectivity index (χ4n) is 1.87. The van der Waals surface area contributed by atoms with Crippen molar-refractivity contribution in [3.63, 3.8) is 0 Å². The molecule has 2 unspecified atom stereocenters. The maximum absolute atomic E-state index is 13.6. The maximum atomic E-state index is 13.6. The average Bonchev–Trinajstić information content (AvgIpc) is 2.45. The Hall–Kier alpha value is -2.01. The molecule has 20 heavy (non-hydrogen) atoms. The van der Waals surface area contributed by atoms with Crippen molar-refractivity contribution in [2.75, 3.05) is 5.75 Å². The molecule has 0 bridgehead atoms. The van der Waals surface area contributed by atoms with Gasteiger partial charge in [-0.15, -0.1) is 0 Å². The van der Waals surface area contributed by atoms with Gasteiger partial charge in [0.15, 0.2) is 0 Å². The molecular weight excluding hydrogens is 279 g/mol. The van der Waals surface area contributed by atoms with Crippen LogP contribution in [0.25, 0.3) is 0 Å². The van der Waals surface area contributed by atoms with Gasteiger partial charge in [-0.3, -0.25) is 9.00 Å². The Labute approximate surface area is 118 Å². The van der Waals surface area contributed by atoms with Gasteiger partial charge < -0.3 is 5.11 Å². The van der Waals surface area contributed by atoms with Gasteiger partial charge in [-0.2, -0.15) is 0 Å². The lowest BCUT2D eigenvalue weighted by molar-refractivity contribution is -0.138. The molecule has 1 N–H and O–H groups in total. The van der Waals surface area contributed by atoms with Gasteiger partial charge >= 0.3 is 5.97 Å². The molecule has 2 rings (SSSR count). The minimum absolute atomic E-state index is 0.0367. The summed E-state index contributed by atoms with van der Waals surface area (Å²) in [6.45, 7) is 0. The summed E-state index contributed by atoms with van der Waals surface area (Å²) in [6.07, 6.45) is 0. The normalized spacial score (nSPS) is 13.7. The summed E-state index contributed by atoms with van der Waals surface area (Å²) in [5.41, 5.74) is 0.560. The van der Waals surface area contributed by atoms with Crippen molar-refractivity contribution in [1.82, 2.24) is 0 Å². The molecule has 3 nitrogen and oxygen atoms in total. The zero-order valence-corrected chi connectivity index (χ0v) is 11.3. The van der Waals surface area contributed by atoms with Crippen molar-refractivity contribution < 1.29 is 18.5 Å². The van der Waals surface area contributed by atoms with Crippen LogP contribution >= 0.6 is 0 Å². The van der Waals surface area contributed by atoms with Gasteiger partial charge in [0.1, 0.15) is 5.82 Å². The summed E-state index contributed by atoms with van der Waals surface area (Å²) in [6, 6.07) is 14.2. The Morgan fingerprint density at radius 3 is 2.30 bits per heavy atom. The molecule has 0 spiro atoms. The molecule has 0 aliphatic heterocycles. The predicted molar refractivity (Wildman–Crippen MR) is 74.5 cm³/mol. The second-order valence-corrected chi connectivity index (χ2v) is 5.71. The Balaban J connectivity index is 2.24. The van der Waals surface area contributed by atoms with Crippen LogP contribution in [-0.4, -0.2) is 21.0 Å². The van der Waals surface area contributed by atoms with Gasteiger partial charge in [0.05, 0.1) is 21.6 Å². The second-order valence-electron chi connectivity index (χ2n) is 4.24. The predicted octanol–water partition coefficient (Wildman–Crippen LogP) is 2.80. The first-order chi connectivity index (χ1) is 9.59. The fraction of sp³-hybridized carbons (Fsp3) is 0.133. The van der Waals surface area contributed by atoms with Crippen molar-refractivity contribution >= 4 is 16.8 Å². The fourth-order valence-corrected chi connectivity index (χ4v) is 3.20. The summed E-state index contributed by atoms with van der Waals surface area (Å²) in [4.78, 5) is 11.4. The van der Waals surface area contributed by atoms with Gasteiger partial charge in [0, 0.05) is 5.75 Å². The lowest BCUT2D eigenvalue weighted by Gasteiger charge is -2.12. The van der Waals surface area contributed by atoms with E-state index < -0.39 is 28.5 Å². The van der Waals surface area contributed by atoms with Crippen molar-refractivity contribution in [2.24, 2.45) is 0 Å². The Kier molecular flexibility index (Phi) is 4.63. The largest absolute Gasteiger partial charge is 0.481 e. The zero-order valence-electron chi connectivity index (χ0n) is 10.5. The highest BCUT2D eigenvalue weighted by atomic mass is 32.2. The highest BCUT2D eigenvalue weighted by Crippen LogP contribution is 2.21. The number of aliphatic carboxylic acids is 1. The number of benzene rings is 2. The molecule has 0 aromatic heterocycles. The first-order valence-corrected chi connectivity index (χ1v) is 7.32. The Bertz CT molecular complexity index is 628. The highest BCUT2D eigenvalue weighted by Gasteiger charge is 2.24. The van der Waals surface area contributed by atoms with Crippen LogP contribution in [0.15, 0.2) is 59.5 Å². The third-order valence-electron chi connectivity index (χ3n) is 2.90. The van der Waals surface area contributed by atoms with E-state index in [1.54, 1.807) is 36.4 Å². The van der Waals surface area contributed by atoms with E-state index in [4.69, 9.17) is 0 Å². The molecule has 0 aliphatic carbocycles. The molecule has 0 saturated heterocycles. The second kappa shape index (κ2) is 6.43. The summed E-state index contributed by atoms with van der Waals surface area (Å²) in [5.74, 6) is -2.72. The molecule has 2 aromatic carbocycles. The molecule has 0 radical (unpaired) electrons. The standard InChI is InChI=1S/C15H13FO3S/c16-13-8-4-5-9-14(13)20(19)10-12(15(17)18)11-6-2-1-3-7-11/h1-9,12H,10H2,(H,17,18). The van der Waals surface area contributed by atoms with Crippen LogP contribution < -0.4 is 0 Å². The molecule has 104 valence electrons. The molecule has 2 aromatic rings. The minimum atomic E-state index is -1.70. The number of carboxylic acid groups (broad SMARTS) is 1. The van der Waals surface area contributed by atoms with Crippen molar-refractivity contribution in [2.45, 2.75) is 10.8 Å². The number of halogens is 1. The molecule has 0 heterocycles. The topological polar surface area (TPSA) is 54.4 Å². The number of carbonyl (C=O) groups is 1. The van der Waals surface area contributed by atoms with Gasteiger partial charge in [-0.25, -0.2) is 4.39 Å². The van der Waals surface area contributed by atoms with Crippen LogP contribution in [0, 0.1) is 5.82 Å². The number of hydrogen-bond donors (Lipinski definition) is 1. The van der Waals surface area contributed by atoms with E-state index >= 15 is 0 Å². The van der Waals surface area contributed by atoms with Crippen molar-refractivity contribution in [3.8, 4) is 0 Å². The van der Waals surface area contributed by atoms with E-state index in [2.05, 4.69) is 0 Å². The van der Waals surface area contributed by atoms with Gasteiger partial charge in [0.2, 0.25) is 0 Å². The highest BCUT2D eigenvalue weighted by molar-refractivity contribution is 7.85. The monoisotopic (exact) mass is 292 g/mol. The number of rotatable bonds is 5. The van der Waals surface area contributed by atoms with E-state index in [1.165, 1.54) is 18.2 Å². The van der Waals surface area contributed by atoms with E-state index in [0.29, 0.717) is 5.56 Å². The van der Waals surface area contributed by atoms with Crippen LogP contribution in [-0.2, 0) is 15.6 Å². The summed E-state index contributed by atoms with van der Waals surface area (Å²) in [7, 11) is -1.70. The molecule has 2 atom stereocenters. The van der Waals surface area contributed by atoms with Gasteiger partial charge in [-0.1, -0.05) is 42.5 Å². The Morgan fingerprint density at radius 1 is 1.10 bits per heavy atom. The van der Waals surface area contributed by atoms with Crippen LogP contribution in [0.5, 0.6) is 0 Å². The van der Waals surface area contributed by atoms with E-state index in [0.717, 1.165) is 0 Å². The van der Waals surface area contributed by atoms with Crippen LogP contribution in [0.3, 0.4) is 0 Å². The van der Waals surface area contributed by atoms with Crippen LogP contribution in [0.2, 0.25) is 0 Å². The number of hydrogen-bond acceptors (Lipinski definition) is 2. The lowest BCUT2D eigenvalue weighted by atomic mass is 10.0. The SMILES string of the molecule is O=C(O)C(CS(=O)c1ccccc1F)c1ccccc1. The first kappa shape index (κ1) is 14.4. The Morgan fingerprint density at radius 2 is 1.70 bits per heavy atom. The zero-order chi connectivity index (χ0) is 14.5. The first-order valence-electron chi connectivity index (χ1n) is 6.00. The molecule has 0 amide bonds. The minimum Gasteiger partial charge on any atom is -0.481 e. The smallest absolute Gasteiger partial charge is 0.311 e. The summed E-state index contributed by atoms with van der Waals surface area (Å²) in [5, 5.41) is 9.26. The molecule has 5 heteroatoms. The van der Waals surface area contributed by atoms with Crippen molar-refractivity contribution in [3.05, 3.63) is 66.0 Å². The quantitative estimate of drug-likeness (QED) is 0.922. The summed E-state index contributed by atoms with van der Waals surface area (Å²) < 4.78 is 25.7. The van der Waals surface area contributed by atoms with E-state index in [9.17, 15) is 18.5 Å². The van der Waals surface area contributed by atoms with E-state index in [1.807, 2.05) is 0 Å². The maximum Gasteiger partial charge on any atom is 0.311 e. The van der Waals surface area contributed by atoms with E-state index in [-0.39, 0.29) is 10.6 Å². The third-order valence-corrected chi connectivity index (χ3v) is 4.36. The average molecular weight is 292 g/mol. The lowest BCUT2D eigenvalue weighted by Crippen LogP contribution is -2.19. The summed E-state index contributed by atoms with van der Waals surface area (Å²) >= 11 is 0. The molecule has 0 fully saturated rings. The molecular formula is C15H13FO3S. The molecule has 0 saturated carbocycles. The molecule has 0 aliphatic rings. The van der Waals surface area contributed by atoms with Crippen LogP contribution in [0.4, 0.5) is 4.39 Å². The van der Waals surface area contributed by atoms with Crippen molar-refractivity contribution in [1.29, 1.82) is 0 Å². The van der Waals surface area contributed by atoms with Gasteiger partial charge in [0.25, 0.3) is 0 Å². The van der Waals surface area contributed by atoms with Crippen LogP contribution in [0.1, 0.15) is 11.5 Å².